The largest absolute Gasteiger partial charge is 0.493 e. The summed E-state index contributed by atoms with van der Waals surface area (Å²) in [4.78, 5) is 26.1. The number of para-hydroxylation sites is 1. The molecule has 1 N–H and O–H groups in total. The molecule has 1 amide bonds. The number of carbonyl (C=O) groups excluding carboxylic acids is 1. The van der Waals surface area contributed by atoms with E-state index < -0.39 is 4.92 Å². The van der Waals surface area contributed by atoms with Crippen molar-refractivity contribution in [3.63, 3.8) is 0 Å². The van der Waals surface area contributed by atoms with Crippen molar-refractivity contribution in [1.82, 2.24) is 14.9 Å². The number of carbonyl (C=O) groups is 1. The summed E-state index contributed by atoms with van der Waals surface area (Å²) in [5.41, 5.74) is 1.16. The van der Waals surface area contributed by atoms with E-state index in [-0.39, 0.29) is 24.1 Å². The second kappa shape index (κ2) is 7.33. The zero-order valence-electron chi connectivity index (χ0n) is 14.0. The third kappa shape index (κ3) is 4.14. The Balaban J connectivity index is 1.45. The Bertz CT molecular complexity index is 787. The third-order valence-electron chi connectivity index (χ3n) is 4.27. The Kier molecular flexibility index (Phi) is 4.97. The van der Waals surface area contributed by atoms with E-state index in [1.807, 2.05) is 24.3 Å². The number of hydrogen-bond acceptors (Lipinski definition) is 5. The maximum Gasteiger partial charge on any atom is 0.381 e. The van der Waals surface area contributed by atoms with Gasteiger partial charge in [0.1, 0.15) is 11.9 Å². The van der Waals surface area contributed by atoms with Crippen LogP contribution < -0.4 is 10.1 Å². The molecule has 2 heterocycles. The summed E-state index contributed by atoms with van der Waals surface area (Å²) in [5, 5.41) is 13.6. The van der Waals surface area contributed by atoms with Gasteiger partial charge in [0.05, 0.1) is 6.61 Å². The van der Waals surface area contributed by atoms with Gasteiger partial charge in [-0.05, 0) is 28.0 Å². The van der Waals surface area contributed by atoms with Gasteiger partial charge in [-0.3, -0.25) is 4.79 Å². The molecule has 0 saturated carbocycles. The number of aromatic nitrogens is 2. The van der Waals surface area contributed by atoms with Crippen molar-refractivity contribution < 1.29 is 14.5 Å². The maximum atomic E-state index is 12.0. The molecule has 0 aliphatic carbocycles. The second-order valence-electron chi connectivity index (χ2n) is 6.14. The SMILES string of the molecule is Cc1nc([N+](=O)[O-])cn1CCC(=O)NCC1COc2ccccc2C1. The lowest BCUT2D eigenvalue weighted by molar-refractivity contribution is -0.389. The number of nitrogens with one attached hydrogen (secondary N) is 1. The lowest BCUT2D eigenvalue weighted by Gasteiger charge is -2.25. The van der Waals surface area contributed by atoms with Crippen LogP contribution in [0.5, 0.6) is 5.75 Å². The molecule has 1 aromatic carbocycles. The standard InChI is InChI=1S/C17H20N4O4/c1-12-19-16(21(23)24)10-20(12)7-6-17(22)18-9-13-8-14-4-2-3-5-15(14)25-11-13/h2-5,10,13H,6-9,11H2,1H3,(H,18,22). The molecule has 1 atom stereocenters. The van der Waals surface area contributed by atoms with Crippen molar-refractivity contribution in [2.24, 2.45) is 5.92 Å². The second-order valence-corrected chi connectivity index (χ2v) is 6.14. The van der Waals surface area contributed by atoms with Gasteiger partial charge in [0.15, 0.2) is 0 Å². The van der Waals surface area contributed by atoms with Gasteiger partial charge in [0.2, 0.25) is 11.7 Å². The van der Waals surface area contributed by atoms with E-state index in [0.717, 1.165) is 17.7 Å². The summed E-state index contributed by atoms with van der Waals surface area (Å²) in [5.74, 6) is 1.40. The van der Waals surface area contributed by atoms with Crippen LogP contribution in [-0.4, -0.2) is 33.5 Å². The summed E-state index contributed by atoms with van der Waals surface area (Å²) in [7, 11) is 0. The predicted molar refractivity (Wildman–Crippen MR) is 90.4 cm³/mol. The quantitative estimate of drug-likeness (QED) is 0.637. The molecule has 8 nitrogen and oxygen atoms in total. The molecule has 1 aliphatic rings. The Hall–Kier alpha value is -2.90. The minimum Gasteiger partial charge on any atom is -0.493 e. The van der Waals surface area contributed by atoms with Crippen LogP contribution >= 0.6 is 0 Å². The molecule has 0 bridgehead atoms. The van der Waals surface area contributed by atoms with E-state index in [2.05, 4.69) is 10.3 Å². The number of ether oxygens (including phenoxy) is 1. The Labute approximate surface area is 145 Å². The molecular formula is C17H20N4O4. The fourth-order valence-electron chi connectivity index (χ4n) is 2.90. The molecule has 1 aliphatic heterocycles. The summed E-state index contributed by atoms with van der Waals surface area (Å²) < 4.78 is 7.33. The highest BCUT2D eigenvalue weighted by Crippen LogP contribution is 2.26. The van der Waals surface area contributed by atoms with Crippen molar-refractivity contribution in [2.75, 3.05) is 13.2 Å². The van der Waals surface area contributed by atoms with E-state index in [4.69, 9.17) is 4.74 Å². The number of rotatable bonds is 6. The minimum atomic E-state index is -0.537. The van der Waals surface area contributed by atoms with Gasteiger partial charge in [-0.15, -0.1) is 0 Å². The molecule has 0 spiro atoms. The first kappa shape index (κ1) is 16.9. The fraction of sp³-hybridized carbons (Fsp3) is 0.412. The first-order valence-corrected chi connectivity index (χ1v) is 8.18. The van der Waals surface area contributed by atoms with Gasteiger partial charge in [0.25, 0.3) is 0 Å². The van der Waals surface area contributed by atoms with E-state index in [1.54, 1.807) is 11.5 Å². The zero-order valence-corrected chi connectivity index (χ0v) is 14.0. The van der Waals surface area contributed by atoms with Gasteiger partial charge >= 0.3 is 5.82 Å². The van der Waals surface area contributed by atoms with Gasteiger partial charge in [-0.25, -0.2) is 0 Å². The van der Waals surface area contributed by atoms with E-state index in [1.165, 1.54) is 6.20 Å². The fourth-order valence-corrected chi connectivity index (χ4v) is 2.90. The molecule has 132 valence electrons. The molecule has 1 aromatic heterocycles. The lowest BCUT2D eigenvalue weighted by atomic mass is 9.97. The van der Waals surface area contributed by atoms with Crippen LogP contribution in [0.1, 0.15) is 17.8 Å². The number of imidazole rings is 1. The molecule has 2 aromatic rings. The molecule has 0 fully saturated rings. The first-order chi connectivity index (χ1) is 12.0. The van der Waals surface area contributed by atoms with Crippen LogP contribution in [0.15, 0.2) is 30.5 Å². The average Bonchev–Trinajstić information content (AvgIpc) is 2.99. The topological polar surface area (TPSA) is 99.3 Å². The summed E-state index contributed by atoms with van der Waals surface area (Å²) in [6.07, 6.45) is 2.48. The normalized spacial score (nSPS) is 16.0. The minimum absolute atomic E-state index is 0.0883. The Morgan fingerprint density at radius 3 is 3.04 bits per heavy atom. The Morgan fingerprint density at radius 1 is 1.48 bits per heavy atom. The molecule has 0 radical (unpaired) electrons. The van der Waals surface area contributed by atoms with Gasteiger partial charge in [0, 0.05) is 32.4 Å². The first-order valence-electron chi connectivity index (χ1n) is 8.18. The maximum absolute atomic E-state index is 12.0. The highest BCUT2D eigenvalue weighted by atomic mass is 16.6. The van der Waals surface area contributed by atoms with Crippen molar-refractivity contribution in [3.8, 4) is 5.75 Å². The third-order valence-corrected chi connectivity index (χ3v) is 4.27. The molecule has 8 heteroatoms. The summed E-state index contributed by atoms with van der Waals surface area (Å²) >= 11 is 0. The molecule has 0 saturated heterocycles. The van der Waals surface area contributed by atoms with Crippen LogP contribution in [0.2, 0.25) is 0 Å². The number of fused-ring (bicyclic) bond motifs is 1. The molecule has 1 unspecified atom stereocenters. The van der Waals surface area contributed by atoms with Gasteiger partial charge in [-0.2, -0.15) is 0 Å². The van der Waals surface area contributed by atoms with Crippen LogP contribution in [0.4, 0.5) is 5.82 Å². The molecule has 3 rings (SSSR count). The Morgan fingerprint density at radius 2 is 2.28 bits per heavy atom. The van der Waals surface area contributed by atoms with Crippen molar-refractivity contribution in [3.05, 3.63) is 52.0 Å². The number of aryl methyl sites for hydroxylation is 2. The highest BCUT2D eigenvalue weighted by Gasteiger charge is 2.20. The summed E-state index contributed by atoms with van der Waals surface area (Å²) in [6.45, 7) is 3.19. The number of hydrogen-bond donors (Lipinski definition) is 1. The van der Waals surface area contributed by atoms with Crippen LogP contribution in [0.3, 0.4) is 0 Å². The number of benzene rings is 1. The van der Waals surface area contributed by atoms with Crippen LogP contribution in [-0.2, 0) is 17.8 Å². The van der Waals surface area contributed by atoms with Crippen molar-refractivity contribution >= 4 is 11.7 Å². The van der Waals surface area contributed by atoms with E-state index in [9.17, 15) is 14.9 Å². The summed E-state index contributed by atoms with van der Waals surface area (Å²) in [6, 6.07) is 7.92. The number of amides is 1. The monoisotopic (exact) mass is 344 g/mol. The van der Waals surface area contributed by atoms with E-state index in [0.29, 0.717) is 25.5 Å². The smallest absolute Gasteiger partial charge is 0.381 e. The van der Waals surface area contributed by atoms with Crippen molar-refractivity contribution in [2.45, 2.75) is 26.3 Å². The lowest BCUT2D eigenvalue weighted by Crippen LogP contribution is -2.35. The average molecular weight is 344 g/mol. The van der Waals surface area contributed by atoms with Crippen LogP contribution in [0.25, 0.3) is 0 Å². The molecular weight excluding hydrogens is 324 g/mol. The van der Waals surface area contributed by atoms with Gasteiger partial charge < -0.3 is 24.7 Å². The van der Waals surface area contributed by atoms with E-state index >= 15 is 0 Å². The number of nitro groups is 1. The van der Waals surface area contributed by atoms with Gasteiger partial charge in [-0.1, -0.05) is 18.2 Å². The molecule has 25 heavy (non-hydrogen) atoms. The highest BCUT2D eigenvalue weighted by molar-refractivity contribution is 5.75. The number of nitrogens with zero attached hydrogens (tertiary/aromatic N) is 3. The predicted octanol–water partition coefficient (Wildman–Crippen LogP) is 1.86. The van der Waals surface area contributed by atoms with Crippen molar-refractivity contribution in [1.29, 1.82) is 0 Å². The zero-order chi connectivity index (χ0) is 17.8. The van der Waals surface area contributed by atoms with Crippen LogP contribution in [0, 0.1) is 23.0 Å².